The molecule has 0 saturated carbocycles. The minimum atomic E-state index is -1.11. The largest absolute Gasteiger partial charge is 0.481 e. The molecule has 130 valence electrons. The zero-order valence-electron chi connectivity index (χ0n) is 14.2. The van der Waals surface area contributed by atoms with Crippen molar-refractivity contribution in [2.24, 2.45) is 7.05 Å². The molecule has 24 heavy (non-hydrogen) atoms. The number of aryl methyl sites for hydroxylation is 3. The third kappa shape index (κ3) is 3.27. The van der Waals surface area contributed by atoms with Crippen LogP contribution >= 0.6 is 0 Å². The topological polar surface area (TPSA) is 107 Å². The normalized spacial score (nSPS) is 10.7. The van der Waals surface area contributed by atoms with Crippen LogP contribution in [0.15, 0.2) is 10.5 Å². The van der Waals surface area contributed by atoms with E-state index < -0.39 is 11.9 Å². The molecule has 0 fully saturated rings. The van der Waals surface area contributed by atoms with Crippen LogP contribution in [0, 0.1) is 0 Å². The molecule has 2 aromatic heterocycles. The third-order valence-corrected chi connectivity index (χ3v) is 3.71. The number of rotatable bonds is 7. The van der Waals surface area contributed by atoms with Gasteiger partial charge in [-0.1, -0.05) is 13.8 Å². The highest BCUT2D eigenvalue weighted by molar-refractivity contribution is 5.96. The van der Waals surface area contributed by atoms with E-state index in [4.69, 9.17) is 14.3 Å². The molecule has 0 aliphatic rings. The standard InChI is InChI=1S/C16H21N3O5/c1-5-11-10(15(23-4)19(3)18-11)8-17-14(20)13-7-9(16(21)22)12(6-2)24-13/h7H,5-6,8H2,1-4H3,(H,17,20)(H,21,22). The maximum Gasteiger partial charge on any atom is 0.339 e. The molecule has 0 bridgehead atoms. The summed E-state index contributed by atoms with van der Waals surface area (Å²) in [5.74, 6) is -0.764. The lowest BCUT2D eigenvalue weighted by Crippen LogP contribution is -2.23. The average molecular weight is 335 g/mol. The first kappa shape index (κ1) is 17.6. The van der Waals surface area contributed by atoms with E-state index in [1.165, 1.54) is 6.07 Å². The van der Waals surface area contributed by atoms with E-state index >= 15 is 0 Å². The molecular formula is C16H21N3O5. The highest BCUT2D eigenvalue weighted by Crippen LogP contribution is 2.22. The first-order valence-corrected chi connectivity index (χ1v) is 7.65. The van der Waals surface area contributed by atoms with Crippen LogP contribution in [0.25, 0.3) is 0 Å². The number of methoxy groups -OCH3 is 1. The summed E-state index contributed by atoms with van der Waals surface area (Å²) in [5.41, 5.74) is 1.63. The second-order valence-corrected chi connectivity index (χ2v) is 5.20. The summed E-state index contributed by atoms with van der Waals surface area (Å²) >= 11 is 0. The number of hydrogen-bond acceptors (Lipinski definition) is 5. The third-order valence-electron chi connectivity index (χ3n) is 3.71. The van der Waals surface area contributed by atoms with Crippen molar-refractivity contribution in [3.05, 3.63) is 34.4 Å². The summed E-state index contributed by atoms with van der Waals surface area (Å²) in [4.78, 5) is 23.4. The Morgan fingerprint density at radius 1 is 1.38 bits per heavy atom. The zero-order valence-corrected chi connectivity index (χ0v) is 14.2. The number of nitrogens with zero attached hydrogens (tertiary/aromatic N) is 2. The van der Waals surface area contributed by atoms with Gasteiger partial charge in [0.25, 0.3) is 5.91 Å². The second-order valence-electron chi connectivity index (χ2n) is 5.20. The number of carbonyl (C=O) groups excluding carboxylic acids is 1. The van der Waals surface area contributed by atoms with Gasteiger partial charge in [-0.05, 0) is 6.42 Å². The first-order chi connectivity index (χ1) is 11.4. The van der Waals surface area contributed by atoms with Crippen molar-refractivity contribution in [3.63, 3.8) is 0 Å². The summed E-state index contributed by atoms with van der Waals surface area (Å²) in [6.07, 6.45) is 1.09. The van der Waals surface area contributed by atoms with Crippen LogP contribution in [-0.4, -0.2) is 33.9 Å². The molecule has 0 aliphatic heterocycles. The molecule has 2 N–H and O–H groups in total. The Kier molecular flexibility index (Phi) is 5.28. The van der Waals surface area contributed by atoms with Gasteiger partial charge in [-0.25, -0.2) is 9.48 Å². The molecule has 0 aliphatic carbocycles. The van der Waals surface area contributed by atoms with Crippen LogP contribution in [-0.2, 0) is 26.4 Å². The number of aromatic carboxylic acids is 1. The Balaban J connectivity index is 2.18. The molecule has 0 atom stereocenters. The summed E-state index contributed by atoms with van der Waals surface area (Å²) in [6, 6.07) is 1.25. The fraction of sp³-hybridized carbons (Fsp3) is 0.438. The van der Waals surface area contributed by atoms with E-state index in [2.05, 4.69) is 10.4 Å². The number of ether oxygens (including phenoxy) is 1. The molecule has 0 radical (unpaired) electrons. The van der Waals surface area contributed by atoms with Crippen LogP contribution in [0.1, 0.15) is 51.8 Å². The van der Waals surface area contributed by atoms with Gasteiger partial charge >= 0.3 is 5.97 Å². The Morgan fingerprint density at radius 2 is 2.08 bits per heavy atom. The SMILES string of the molecule is CCc1nn(C)c(OC)c1CNC(=O)c1cc(C(=O)O)c(CC)o1. The summed E-state index contributed by atoms with van der Waals surface area (Å²) < 4.78 is 12.3. The van der Waals surface area contributed by atoms with Crippen LogP contribution in [0.4, 0.5) is 0 Å². The smallest absolute Gasteiger partial charge is 0.339 e. The highest BCUT2D eigenvalue weighted by Gasteiger charge is 2.21. The second kappa shape index (κ2) is 7.20. The quantitative estimate of drug-likeness (QED) is 0.799. The van der Waals surface area contributed by atoms with Crippen LogP contribution < -0.4 is 10.1 Å². The molecule has 8 nitrogen and oxygen atoms in total. The van der Waals surface area contributed by atoms with Crippen molar-refractivity contribution in [2.75, 3.05) is 7.11 Å². The van der Waals surface area contributed by atoms with E-state index in [0.717, 1.165) is 11.3 Å². The molecule has 0 aromatic carbocycles. The van der Waals surface area contributed by atoms with Gasteiger partial charge in [0.15, 0.2) is 5.76 Å². The predicted molar refractivity (Wildman–Crippen MR) is 85.4 cm³/mol. The Bertz CT molecular complexity index is 760. The zero-order chi connectivity index (χ0) is 17.9. The maximum atomic E-state index is 12.3. The fourth-order valence-electron chi connectivity index (χ4n) is 2.56. The number of amides is 1. The number of furan rings is 1. The monoisotopic (exact) mass is 335 g/mol. The van der Waals surface area contributed by atoms with Crippen molar-refractivity contribution < 1.29 is 23.8 Å². The van der Waals surface area contributed by atoms with Crippen molar-refractivity contribution >= 4 is 11.9 Å². The van der Waals surface area contributed by atoms with Gasteiger partial charge in [0.1, 0.15) is 11.3 Å². The molecular weight excluding hydrogens is 314 g/mol. The molecule has 0 unspecified atom stereocenters. The van der Waals surface area contributed by atoms with Crippen molar-refractivity contribution in [2.45, 2.75) is 33.2 Å². The van der Waals surface area contributed by atoms with Crippen LogP contribution in [0.2, 0.25) is 0 Å². The molecule has 2 heterocycles. The number of nitrogens with one attached hydrogen (secondary N) is 1. The van der Waals surface area contributed by atoms with Crippen molar-refractivity contribution in [1.29, 1.82) is 0 Å². The van der Waals surface area contributed by atoms with Crippen molar-refractivity contribution in [3.8, 4) is 5.88 Å². The summed E-state index contributed by atoms with van der Waals surface area (Å²) in [6.45, 7) is 3.94. The van der Waals surface area contributed by atoms with E-state index in [0.29, 0.717) is 18.7 Å². The summed E-state index contributed by atoms with van der Waals surface area (Å²) in [7, 11) is 3.31. The Morgan fingerprint density at radius 3 is 2.58 bits per heavy atom. The molecule has 8 heteroatoms. The van der Waals surface area contributed by atoms with Crippen LogP contribution in [0.3, 0.4) is 0 Å². The number of carbonyl (C=O) groups is 2. The van der Waals surface area contributed by atoms with Gasteiger partial charge < -0.3 is 19.6 Å². The van der Waals surface area contributed by atoms with Gasteiger partial charge in [-0.15, -0.1) is 0 Å². The first-order valence-electron chi connectivity index (χ1n) is 7.65. The van der Waals surface area contributed by atoms with Crippen molar-refractivity contribution in [1.82, 2.24) is 15.1 Å². The minimum absolute atomic E-state index is 0.0101. The van der Waals surface area contributed by atoms with E-state index in [-0.39, 0.29) is 23.6 Å². The molecule has 2 rings (SSSR count). The Labute approximate surface area is 139 Å². The van der Waals surface area contributed by atoms with Gasteiger partial charge in [0, 0.05) is 19.5 Å². The van der Waals surface area contributed by atoms with E-state index in [9.17, 15) is 9.59 Å². The number of aromatic nitrogens is 2. The predicted octanol–water partition coefficient (Wildman–Crippen LogP) is 1.77. The maximum absolute atomic E-state index is 12.3. The van der Waals surface area contributed by atoms with Gasteiger partial charge in [-0.2, -0.15) is 5.10 Å². The highest BCUT2D eigenvalue weighted by atomic mass is 16.5. The lowest BCUT2D eigenvalue weighted by Gasteiger charge is -2.06. The number of carboxylic acids is 1. The minimum Gasteiger partial charge on any atom is -0.481 e. The molecule has 2 aromatic rings. The van der Waals surface area contributed by atoms with Crippen LogP contribution in [0.5, 0.6) is 5.88 Å². The summed E-state index contributed by atoms with van der Waals surface area (Å²) in [5, 5.41) is 16.2. The van der Waals surface area contributed by atoms with E-state index in [1.807, 2.05) is 6.92 Å². The fourth-order valence-corrected chi connectivity index (χ4v) is 2.56. The lowest BCUT2D eigenvalue weighted by atomic mass is 10.2. The number of carboxylic acid groups (broad SMARTS) is 1. The number of hydrogen-bond donors (Lipinski definition) is 2. The average Bonchev–Trinajstić information content (AvgIpc) is 3.13. The molecule has 1 amide bonds. The van der Waals surface area contributed by atoms with Gasteiger partial charge in [-0.3, -0.25) is 4.79 Å². The molecule has 0 spiro atoms. The van der Waals surface area contributed by atoms with Gasteiger partial charge in [0.05, 0.1) is 24.9 Å². The van der Waals surface area contributed by atoms with Gasteiger partial charge in [0.2, 0.25) is 5.88 Å². The molecule has 0 saturated heterocycles. The lowest BCUT2D eigenvalue weighted by molar-refractivity contribution is 0.0694. The van der Waals surface area contributed by atoms with E-state index in [1.54, 1.807) is 25.8 Å². The Hall–Kier alpha value is -2.77.